The molecule has 0 saturated heterocycles. The Morgan fingerprint density at radius 3 is 2.62 bits per heavy atom. The number of nitrogens with two attached hydrogens (primary N) is 1. The molecule has 1 heterocycles. The summed E-state index contributed by atoms with van der Waals surface area (Å²) in [5.74, 6) is -0.315. The molecule has 1 unspecified atom stereocenters. The van der Waals surface area contributed by atoms with Crippen LogP contribution in [-0.4, -0.2) is 16.5 Å². The zero-order chi connectivity index (χ0) is 12.3. The van der Waals surface area contributed by atoms with Gasteiger partial charge < -0.3 is 15.6 Å². The first-order valence-electron chi connectivity index (χ1n) is 5.65. The van der Waals surface area contributed by atoms with E-state index in [1.54, 1.807) is 6.92 Å². The first-order chi connectivity index (χ1) is 7.47. The highest BCUT2D eigenvalue weighted by Gasteiger charge is 2.11. The van der Waals surface area contributed by atoms with Crippen molar-refractivity contribution >= 4 is 5.91 Å². The second-order valence-corrected chi connectivity index (χ2v) is 4.15. The van der Waals surface area contributed by atoms with Gasteiger partial charge >= 0.3 is 0 Å². The SMILES string of the molecule is CCn1c(C)cc(CNC(C)C(N)=O)c1C. The third-order valence-electron chi connectivity index (χ3n) is 3.02. The number of carbonyl (C=O) groups is 1. The predicted octanol–water partition coefficient (Wildman–Crippen LogP) is 1.09. The number of carbonyl (C=O) groups excluding carboxylic acids is 1. The Morgan fingerprint density at radius 1 is 1.56 bits per heavy atom. The number of primary amides is 1. The van der Waals surface area contributed by atoms with Gasteiger partial charge in [0.1, 0.15) is 0 Å². The minimum atomic E-state index is -0.315. The molecule has 1 amide bonds. The van der Waals surface area contributed by atoms with Crippen molar-refractivity contribution in [1.82, 2.24) is 9.88 Å². The van der Waals surface area contributed by atoms with Crippen molar-refractivity contribution in [2.75, 3.05) is 0 Å². The van der Waals surface area contributed by atoms with Crippen molar-refractivity contribution in [3.63, 3.8) is 0 Å². The largest absolute Gasteiger partial charge is 0.368 e. The molecule has 0 fully saturated rings. The summed E-state index contributed by atoms with van der Waals surface area (Å²) in [6.45, 7) is 9.76. The molecule has 4 heteroatoms. The first-order valence-corrected chi connectivity index (χ1v) is 5.65. The summed E-state index contributed by atoms with van der Waals surface area (Å²) in [6.07, 6.45) is 0. The van der Waals surface area contributed by atoms with Crippen LogP contribution in [0.3, 0.4) is 0 Å². The van der Waals surface area contributed by atoms with Gasteiger partial charge in [0.15, 0.2) is 0 Å². The molecule has 0 aliphatic heterocycles. The number of nitrogens with zero attached hydrogens (tertiary/aromatic N) is 1. The number of rotatable bonds is 5. The molecule has 0 spiro atoms. The number of nitrogens with one attached hydrogen (secondary N) is 1. The molecule has 1 rings (SSSR count). The molecule has 0 aliphatic rings. The van der Waals surface area contributed by atoms with Gasteiger partial charge in [-0.15, -0.1) is 0 Å². The van der Waals surface area contributed by atoms with E-state index >= 15 is 0 Å². The second-order valence-electron chi connectivity index (χ2n) is 4.15. The Bertz CT molecular complexity index is 382. The van der Waals surface area contributed by atoms with Gasteiger partial charge in [-0.1, -0.05) is 0 Å². The zero-order valence-corrected chi connectivity index (χ0v) is 10.5. The fourth-order valence-electron chi connectivity index (χ4n) is 1.90. The summed E-state index contributed by atoms with van der Waals surface area (Å²) in [5, 5.41) is 3.12. The van der Waals surface area contributed by atoms with E-state index in [2.05, 4.69) is 36.7 Å². The molecule has 90 valence electrons. The van der Waals surface area contributed by atoms with Crippen molar-refractivity contribution < 1.29 is 4.79 Å². The van der Waals surface area contributed by atoms with E-state index < -0.39 is 0 Å². The average Bonchev–Trinajstić information content (AvgIpc) is 2.50. The number of amides is 1. The molecule has 0 bridgehead atoms. The third-order valence-corrected chi connectivity index (χ3v) is 3.02. The van der Waals surface area contributed by atoms with Gasteiger partial charge in [0, 0.05) is 24.5 Å². The van der Waals surface area contributed by atoms with Gasteiger partial charge in [-0.2, -0.15) is 0 Å². The topological polar surface area (TPSA) is 60.1 Å². The number of aryl methyl sites for hydroxylation is 1. The summed E-state index contributed by atoms with van der Waals surface area (Å²) in [4.78, 5) is 10.9. The number of hydrogen-bond acceptors (Lipinski definition) is 2. The molecule has 4 nitrogen and oxygen atoms in total. The average molecular weight is 223 g/mol. The lowest BCUT2D eigenvalue weighted by atomic mass is 10.2. The summed E-state index contributed by atoms with van der Waals surface area (Å²) in [7, 11) is 0. The normalized spacial score (nSPS) is 12.8. The molecular formula is C12H21N3O. The van der Waals surface area contributed by atoms with Gasteiger partial charge in [-0.25, -0.2) is 0 Å². The van der Waals surface area contributed by atoms with E-state index in [9.17, 15) is 4.79 Å². The van der Waals surface area contributed by atoms with Gasteiger partial charge in [-0.3, -0.25) is 4.79 Å². The summed E-state index contributed by atoms with van der Waals surface area (Å²) in [5.41, 5.74) is 8.93. The van der Waals surface area contributed by atoms with Crippen LogP contribution < -0.4 is 11.1 Å². The Morgan fingerprint density at radius 2 is 2.19 bits per heavy atom. The molecule has 16 heavy (non-hydrogen) atoms. The van der Waals surface area contributed by atoms with Crippen LogP contribution in [0.5, 0.6) is 0 Å². The van der Waals surface area contributed by atoms with Crippen LogP contribution in [0.1, 0.15) is 30.8 Å². The van der Waals surface area contributed by atoms with Crippen molar-refractivity contribution in [3.05, 3.63) is 23.0 Å². The lowest BCUT2D eigenvalue weighted by molar-refractivity contribution is -0.119. The zero-order valence-electron chi connectivity index (χ0n) is 10.5. The van der Waals surface area contributed by atoms with E-state index in [0.29, 0.717) is 6.54 Å². The molecule has 0 aromatic carbocycles. The summed E-state index contributed by atoms with van der Waals surface area (Å²) >= 11 is 0. The second kappa shape index (κ2) is 5.16. The summed E-state index contributed by atoms with van der Waals surface area (Å²) < 4.78 is 2.26. The van der Waals surface area contributed by atoms with Gasteiger partial charge in [0.2, 0.25) is 5.91 Å². The lowest BCUT2D eigenvalue weighted by Gasteiger charge is -2.10. The van der Waals surface area contributed by atoms with E-state index in [1.807, 2.05) is 0 Å². The quantitative estimate of drug-likeness (QED) is 0.785. The standard InChI is InChI=1S/C12H21N3O/c1-5-15-8(2)6-11(10(15)4)7-14-9(3)12(13)16/h6,9,14H,5,7H2,1-4H3,(H2,13,16). The van der Waals surface area contributed by atoms with Gasteiger partial charge in [0.25, 0.3) is 0 Å². The Labute approximate surface area is 96.8 Å². The number of aromatic nitrogens is 1. The fraction of sp³-hybridized carbons (Fsp3) is 0.583. The highest BCUT2D eigenvalue weighted by molar-refractivity contribution is 5.79. The van der Waals surface area contributed by atoms with E-state index in [-0.39, 0.29) is 11.9 Å². The Kier molecular flexibility index (Phi) is 4.12. The van der Waals surface area contributed by atoms with E-state index in [0.717, 1.165) is 6.54 Å². The fourth-order valence-corrected chi connectivity index (χ4v) is 1.90. The van der Waals surface area contributed by atoms with Crippen molar-refractivity contribution in [3.8, 4) is 0 Å². The maximum Gasteiger partial charge on any atom is 0.234 e. The minimum Gasteiger partial charge on any atom is -0.368 e. The smallest absolute Gasteiger partial charge is 0.234 e. The highest BCUT2D eigenvalue weighted by Crippen LogP contribution is 2.14. The number of hydrogen-bond donors (Lipinski definition) is 2. The van der Waals surface area contributed by atoms with Crippen LogP contribution >= 0.6 is 0 Å². The van der Waals surface area contributed by atoms with Crippen LogP contribution in [0, 0.1) is 13.8 Å². The summed E-state index contributed by atoms with van der Waals surface area (Å²) in [6, 6.07) is 1.86. The van der Waals surface area contributed by atoms with Crippen molar-refractivity contribution in [2.24, 2.45) is 5.73 Å². The monoisotopic (exact) mass is 223 g/mol. The minimum absolute atomic E-state index is 0.287. The highest BCUT2D eigenvalue weighted by atomic mass is 16.1. The maximum absolute atomic E-state index is 10.9. The molecule has 0 saturated carbocycles. The molecule has 3 N–H and O–H groups in total. The molecule has 1 aromatic heterocycles. The van der Waals surface area contributed by atoms with Crippen LogP contribution in [0.4, 0.5) is 0 Å². The molecular weight excluding hydrogens is 202 g/mol. The predicted molar refractivity (Wildman–Crippen MR) is 65.1 cm³/mol. The van der Waals surface area contributed by atoms with Crippen LogP contribution in [0.25, 0.3) is 0 Å². The van der Waals surface area contributed by atoms with Crippen LogP contribution in [0.2, 0.25) is 0 Å². The van der Waals surface area contributed by atoms with Crippen molar-refractivity contribution in [2.45, 2.75) is 46.8 Å². The van der Waals surface area contributed by atoms with Gasteiger partial charge in [0.05, 0.1) is 6.04 Å². The first kappa shape index (κ1) is 12.8. The molecule has 1 atom stereocenters. The van der Waals surface area contributed by atoms with Crippen LogP contribution in [-0.2, 0) is 17.9 Å². The Balaban J connectivity index is 2.71. The molecule has 0 radical (unpaired) electrons. The van der Waals surface area contributed by atoms with E-state index in [4.69, 9.17) is 5.73 Å². The van der Waals surface area contributed by atoms with Gasteiger partial charge in [-0.05, 0) is 39.3 Å². The van der Waals surface area contributed by atoms with E-state index in [1.165, 1.54) is 17.0 Å². The molecule has 0 aliphatic carbocycles. The van der Waals surface area contributed by atoms with Crippen LogP contribution in [0.15, 0.2) is 6.07 Å². The molecule has 1 aromatic rings. The maximum atomic E-state index is 10.9. The third kappa shape index (κ3) is 2.64. The lowest BCUT2D eigenvalue weighted by Crippen LogP contribution is -2.38. The Hall–Kier alpha value is -1.29. The van der Waals surface area contributed by atoms with Crippen molar-refractivity contribution in [1.29, 1.82) is 0 Å².